The number of hydrogen-bond acceptors (Lipinski definition) is 4. The highest BCUT2D eigenvalue weighted by molar-refractivity contribution is 5.80. The summed E-state index contributed by atoms with van der Waals surface area (Å²) in [6, 6.07) is 0. The van der Waals surface area contributed by atoms with E-state index in [2.05, 4.69) is 10.2 Å². The van der Waals surface area contributed by atoms with Crippen LogP contribution in [0, 0.1) is 5.92 Å². The molecule has 92 valence electrons. The number of nitrogens with zero attached hydrogens (tertiary/aromatic N) is 1. The molecule has 2 unspecified atom stereocenters. The van der Waals surface area contributed by atoms with Gasteiger partial charge in [0.05, 0.1) is 19.4 Å². The van der Waals surface area contributed by atoms with Crippen LogP contribution in [-0.2, 0) is 20.7 Å². The largest absolute Gasteiger partial charge is 0.463 e. The Bertz CT molecular complexity index is 394. The van der Waals surface area contributed by atoms with Gasteiger partial charge in [0.2, 0.25) is 0 Å². The fourth-order valence-corrected chi connectivity index (χ4v) is 2.71. The number of aromatic nitrogens is 2. The molecule has 1 saturated heterocycles. The Morgan fingerprint density at radius 1 is 1.71 bits per heavy atom. The van der Waals surface area contributed by atoms with Crippen molar-refractivity contribution in [1.29, 1.82) is 0 Å². The van der Waals surface area contributed by atoms with Gasteiger partial charge in [-0.15, -0.1) is 0 Å². The summed E-state index contributed by atoms with van der Waals surface area (Å²) in [5.74, 6) is 0.386. The molecule has 1 aliphatic heterocycles. The number of carbonyl (C=O) groups is 1. The molecular formula is C12H16N2O3. The summed E-state index contributed by atoms with van der Waals surface area (Å²) >= 11 is 0. The minimum absolute atomic E-state index is 0.180. The Morgan fingerprint density at radius 2 is 2.65 bits per heavy atom. The highest BCUT2D eigenvalue weighted by Crippen LogP contribution is 2.44. The smallest absolute Gasteiger partial charge is 0.338 e. The number of ether oxygens (including phenoxy) is 2. The van der Waals surface area contributed by atoms with Crippen LogP contribution in [0.5, 0.6) is 0 Å². The summed E-state index contributed by atoms with van der Waals surface area (Å²) in [4.78, 5) is 12.0. The molecule has 0 amide bonds. The first-order valence-electron chi connectivity index (χ1n) is 6.07. The number of carbonyl (C=O) groups excluding carboxylic acids is 1. The molecule has 2 atom stereocenters. The summed E-state index contributed by atoms with van der Waals surface area (Å²) in [6.45, 7) is 1.12. The van der Waals surface area contributed by atoms with Crippen LogP contribution in [0.15, 0.2) is 12.4 Å². The fourth-order valence-electron chi connectivity index (χ4n) is 2.71. The lowest BCUT2D eigenvalue weighted by atomic mass is 10.0. The zero-order valence-corrected chi connectivity index (χ0v) is 9.65. The normalized spacial score (nSPS) is 30.7. The molecule has 2 fully saturated rings. The Morgan fingerprint density at radius 3 is 3.24 bits per heavy atom. The molecule has 2 bridgehead atoms. The van der Waals surface area contributed by atoms with Crippen LogP contribution in [0.25, 0.3) is 0 Å². The molecule has 5 nitrogen and oxygen atoms in total. The van der Waals surface area contributed by atoms with Gasteiger partial charge in [0.15, 0.2) is 5.60 Å². The highest BCUT2D eigenvalue weighted by atomic mass is 16.6. The quantitative estimate of drug-likeness (QED) is 0.794. The maximum absolute atomic E-state index is 12.0. The van der Waals surface area contributed by atoms with Crippen LogP contribution >= 0.6 is 0 Å². The minimum atomic E-state index is -0.610. The Labute approximate surface area is 99.5 Å². The van der Waals surface area contributed by atoms with Gasteiger partial charge in [0, 0.05) is 12.6 Å². The van der Waals surface area contributed by atoms with Crippen molar-refractivity contribution in [2.45, 2.75) is 31.3 Å². The van der Waals surface area contributed by atoms with Gasteiger partial charge in [-0.25, -0.2) is 4.79 Å². The second kappa shape index (κ2) is 4.14. The number of nitrogens with one attached hydrogen (secondary N) is 1. The third-order valence-corrected chi connectivity index (χ3v) is 3.72. The van der Waals surface area contributed by atoms with Gasteiger partial charge in [0.25, 0.3) is 0 Å². The third kappa shape index (κ3) is 1.95. The summed E-state index contributed by atoms with van der Waals surface area (Å²) in [5, 5.41) is 6.58. The summed E-state index contributed by atoms with van der Waals surface area (Å²) in [6.07, 6.45) is 7.01. The Hall–Kier alpha value is -1.36. The maximum Gasteiger partial charge on any atom is 0.338 e. The average molecular weight is 236 g/mol. The van der Waals surface area contributed by atoms with Crippen LogP contribution in [0.2, 0.25) is 0 Å². The number of H-pyrrole nitrogens is 1. The van der Waals surface area contributed by atoms with Gasteiger partial charge in [-0.1, -0.05) is 0 Å². The lowest BCUT2D eigenvalue weighted by Gasteiger charge is -2.24. The molecule has 0 aromatic carbocycles. The first kappa shape index (κ1) is 10.8. The van der Waals surface area contributed by atoms with Crippen LogP contribution in [0.3, 0.4) is 0 Å². The second-order valence-corrected chi connectivity index (χ2v) is 4.91. The first-order chi connectivity index (χ1) is 8.28. The van der Waals surface area contributed by atoms with Gasteiger partial charge in [-0.2, -0.15) is 5.10 Å². The monoisotopic (exact) mass is 236 g/mol. The first-order valence-corrected chi connectivity index (χ1v) is 6.07. The van der Waals surface area contributed by atoms with E-state index in [1.807, 2.05) is 6.20 Å². The van der Waals surface area contributed by atoms with E-state index in [4.69, 9.17) is 9.47 Å². The molecule has 3 rings (SSSR count). The molecule has 2 aliphatic rings. The van der Waals surface area contributed by atoms with Gasteiger partial charge in [-0.05, 0) is 30.7 Å². The molecule has 1 aliphatic carbocycles. The summed E-state index contributed by atoms with van der Waals surface area (Å²) < 4.78 is 10.9. The number of rotatable bonds is 4. The van der Waals surface area contributed by atoms with Crippen LogP contribution < -0.4 is 0 Å². The van der Waals surface area contributed by atoms with Gasteiger partial charge in [-0.3, -0.25) is 5.10 Å². The molecule has 1 aromatic heterocycles. The Balaban J connectivity index is 1.50. The third-order valence-electron chi connectivity index (χ3n) is 3.72. The molecule has 0 radical (unpaired) electrons. The van der Waals surface area contributed by atoms with Crippen molar-refractivity contribution in [1.82, 2.24) is 10.2 Å². The maximum atomic E-state index is 12.0. The predicted molar refractivity (Wildman–Crippen MR) is 59.3 cm³/mol. The van der Waals surface area contributed by atoms with E-state index in [1.165, 1.54) is 0 Å². The highest BCUT2D eigenvalue weighted by Gasteiger charge is 2.52. The minimum Gasteiger partial charge on any atom is -0.463 e. The average Bonchev–Trinajstić information content (AvgIpc) is 3.06. The standard InChI is InChI=1S/C12H16N2O3/c15-11(12-3-1-9(5-12)8-17-12)16-4-2-10-6-13-14-7-10/h6-7,9H,1-5,8H2,(H,13,14). The van der Waals surface area contributed by atoms with Crippen LogP contribution in [0.4, 0.5) is 0 Å². The van der Waals surface area contributed by atoms with Crippen molar-refractivity contribution in [3.63, 3.8) is 0 Å². The van der Waals surface area contributed by atoms with E-state index < -0.39 is 5.60 Å². The number of esters is 1. The molecule has 0 spiro atoms. The van der Waals surface area contributed by atoms with E-state index in [0.29, 0.717) is 18.9 Å². The van der Waals surface area contributed by atoms with Crippen molar-refractivity contribution >= 4 is 5.97 Å². The predicted octanol–water partition coefficient (Wildman–Crippen LogP) is 1.06. The zero-order valence-electron chi connectivity index (χ0n) is 9.65. The van der Waals surface area contributed by atoms with Crippen molar-refractivity contribution in [2.75, 3.05) is 13.2 Å². The summed E-state index contributed by atoms with van der Waals surface area (Å²) in [7, 11) is 0. The lowest BCUT2D eigenvalue weighted by molar-refractivity contribution is -0.168. The van der Waals surface area contributed by atoms with E-state index in [9.17, 15) is 4.79 Å². The van der Waals surface area contributed by atoms with E-state index in [0.717, 1.165) is 31.4 Å². The van der Waals surface area contributed by atoms with E-state index in [1.54, 1.807) is 6.20 Å². The molecule has 1 saturated carbocycles. The molecule has 2 heterocycles. The number of fused-ring (bicyclic) bond motifs is 2. The molecule has 1 N–H and O–H groups in total. The SMILES string of the molecule is O=C(OCCc1cn[nH]c1)C12CCC(CO1)C2. The van der Waals surface area contributed by atoms with E-state index >= 15 is 0 Å². The Kier molecular flexibility index (Phi) is 2.63. The summed E-state index contributed by atoms with van der Waals surface area (Å²) in [5.41, 5.74) is 0.438. The fraction of sp³-hybridized carbons (Fsp3) is 0.667. The number of aromatic amines is 1. The second-order valence-electron chi connectivity index (χ2n) is 4.91. The van der Waals surface area contributed by atoms with Gasteiger partial charge in [0.1, 0.15) is 0 Å². The van der Waals surface area contributed by atoms with E-state index in [-0.39, 0.29) is 5.97 Å². The van der Waals surface area contributed by atoms with Gasteiger partial charge >= 0.3 is 5.97 Å². The van der Waals surface area contributed by atoms with Gasteiger partial charge < -0.3 is 9.47 Å². The lowest BCUT2D eigenvalue weighted by Crippen LogP contribution is -2.38. The topological polar surface area (TPSA) is 64.2 Å². The van der Waals surface area contributed by atoms with Crippen LogP contribution in [-0.4, -0.2) is 35.0 Å². The van der Waals surface area contributed by atoms with Crippen LogP contribution in [0.1, 0.15) is 24.8 Å². The van der Waals surface area contributed by atoms with Crippen molar-refractivity contribution in [3.05, 3.63) is 18.0 Å². The van der Waals surface area contributed by atoms with Crippen molar-refractivity contribution in [3.8, 4) is 0 Å². The van der Waals surface area contributed by atoms with Crippen molar-refractivity contribution < 1.29 is 14.3 Å². The molecular weight excluding hydrogens is 220 g/mol. The molecule has 5 heteroatoms. The number of hydrogen-bond donors (Lipinski definition) is 1. The zero-order chi connectivity index (χ0) is 11.7. The molecule has 17 heavy (non-hydrogen) atoms. The van der Waals surface area contributed by atoms with Crippen molar-refractivity contribution in [2.24, 2.45) is 5.92 Å². The molecule has 1 aromatic rings.